The first-order valence-corrected chi connectivity index (χ1v) is 8.33. The summed E-state index contributed by atoms with van der Waals surface area (Å²) in [6, 6.07) is 7.75. The second-order valence-corrected chi connectivity index (χ2v) is 6.22. The summed E-state index contributed by atoms with van der Waals surface area (Å²) < 4.78 is 5.20. The van der Waals surface area contributed by atoms with Gasteiger partial charge in [0.1, 0.15) is 5.75 Å². The zero-order chi connectivity index (χ0) is 16.9. The molecule has 0 aliphatic carbocycles. The van der Waals surface area contributed by atoms with E-state index >= 15 is 0 Å². The maximum Gasteiger partial charge on any atom is 0.317 e. The van der Waals surface area contributed by atoms with Crippen LogP contribution in [-0.4, -0.2) is 41.3 Å². The van der Waals surface area contributed by atoms with E-state index in [1.165, 1.54) is 5.56 Å². The Hall–Kier alpha value is -2.50. The van der Waals surface area contributed by atoms with Gasteiger partial charge in [-0.05, 0) is 48.9 Å². The average Bonchev–Trinajstić information content (AvgIpc) is 3.06. The smallest absolute Gasteiger partial charge is 0.317 e. The first-order valence-electron chi connectivity index (χ1n) is 8.33. The van der Waals surface area contributed by atoms with E-state index in [1.54, 1.807) is 7.11 Å². The lowest BCUT2D eigenvalue weighted by Gasteiger charge is -2.32. The van der Waals surface area contributed by atoms with Gasteiger partial charge >= 0.3 is 6.03 Å². The standard InChI is InChI=1S/C18H24N4O2/c1-13-17(12-20-21-13)15-6-8-22(9-7-15)18(23)19-11-14-4-3-5-16(10-14)24-2/h3-5,10,12,15H,6-9,11H2,1-2H3,(H,19,23)(H,20,21). The van der Waals surface area contributed by atoms with Gasteiger partial charge in [-0.1, -0.05) is 12.1 Å². The molecule has 128 valence electrons. The molecule has 0 atom stereocenters. The number of carbonyl (C=O) groups is 1. The van der Waals surface area contributed by atoms with Crippen LogP contribution in [0.1, 0.15) is 35.6 Å². The van der Waals surface area contributed by atoms with Gasteiger partial charge < -0.3 is 15.0 Å². The van der Waals surface area contributed by atoms with E-state index in [1.807, 2.05) is 35.4 Å². The Morgan fingerprint density at radius 3 is 2.88 bits per heavy atom. The third-order valence-electron chi connectivity index (χ3n) is 4.67. The summed E-state index contributed by atoms with van der Waals surface area (Å²) in [5.41, 5.74) is 3.45. The molecule has 3 rings (SSSR count). The molecule has 6 heteroatoms. The molecule has 2 aromatic rings. The van der Waals surface area contributed by atoms with E-state index < -0.39 is 0 Å². The van der Waals surface area contributed by atoms with Gasteiger partial charge in [0.15, 0.2) is 0 Å². The number of aromatic nitrogens is 2. The Morgan fingerprint density at radius 2 is 2.21 bits per heavy atom. The summed E-state index contributed by atoms with van der Waals surface area (Å²) in [5, 5.41) is 10.1. The van der Waals surface area contributed by atoms with E-state index in [2.05, 4.69) is 22.4 Å². The van der Waals surface area contributed by atoms with Crippen LogP contribution in [0.3, 0.4) is 0 Å². The lowest BCUT2D eigenvalue weighted by molar-refractivity contribution is 0.181. The van der Waals surface area contributed by atoms with Crippen LogP contribution in [0.15, 0.2) is 30.5 Å². The number of methoxy groups -OCH3 is 1. The van der Waals surface area contributed by atoms with Crippen molar-refractivity contribution < 1.29 is 9.53 Å². The largest absolute Gasteiger partial charge is 0.497 e. The van der Waals surface area contributed by atoms with Crippen molar-refractivity contribution in [2.45, 2.75) is 32.2 Å². The number of aryl methyl sites for hydroxylation is 1. The molecular weight excluding hydrogens is 304 g/mol. The van der Waals surface area contributed by atoms with Gasteiger partial charge in [-0.2, -0.15) is 5.10 Å². The lowest BCUT2D eigenvalue weighted by atomic mass is 9.90. The number of hydrogen-bond donors (Lipinski definition) is 2. The predicted molar refractivity (Wildman–Crippen MR) is 92.1 cm³/mol. The SMILES string of the molecule is COc1cccc(CNC(=O)N2CCC(c3cn[nH]c3C)CC2)c1. The highest BCUT2D eigenvalue weighted by atomic mass is 16.5. The Bertz CT molecular complexity index is 690. The second kappa shape index (κ2) is 7.38. The van der Waals surface area contributed by atoms with Crippen molar-refractivity contribution in [1.82, 2.24) is 20.4 Å². The number of benzene rings is 1. The van der Waals surface area contributed by atoms with Crippen LogP contribution in [0.5, 0.6) is 5.75 Å². The molecule has 0 unspecified atom stereocenters. The lowest BCUT2D eigenvalue weighted by Crippen LogP contribution is -2.43. The van der Waals surface area contributed by atoms with Crippen molar-refractivity contribution in [3.05, 3.63) is 47.3 Å². The number of hydrogen-bond acceptors (Lipinski definition) is 3. The highest BCUT2D eigenvalue weighted by Crippen LogP contribution is 2.29. The number of nitrogens with zero attached hydrogens (tertiary/aromatic N) is 2. The number of aromatic amines is 1. The fourth-order valence-electron chi connectivity index (χ4n) is 3.24. The van der Waals surface area contributed by atoms with Gasteiger partial charge in [-0.3, -0.25) is 5.10 Å². The first-order chi connectivity index (χ1) is 11.7. The summed E-state index contributed by atoms with van der Waals surface area (Å²) in [5.74, 6) is 1.30. The molecule has 2 amide bonds. The molecular formula is C18H24N4O2. The molecule has 1 aromatic carbocycles. The van der Waals surface area contributed by atoms with Crippen molar-refractivity contribution in [3.63, 3.8) is 0 Å². The van der Waals surface area contributed by atoms with Crippen molar-refractivity contribution >= 4 is 6.03 Å². The maximum absolute atomic E-state index is 12.4. The molecule has 1 aromatic heterocycles. The number of urea groups is 1. The molecule has 2 N–H and O–H groups in total. The Kier molecular flexibility index (Phi) is 5.03. The Morgan fingerprint density at radius 1 is 1.42 bits per heavy atom. The molecule has 1 aliphatic rings. The molecule has 1 saturated heterocycles. The van der Waals surface area contributed by atoms with E-state index in [0.29, 0.717) is 12.5 Å². The number of nitrogens with one attached hydrogen (secondary N) is 2. The van der Waals surface area contributed by atoms with Crippen molar-refractivity contribution in [1.29, 1.82) is 0 Å². The Balaban J connectivity index is 1.49. The topological polar surface area (TPSA) is 70.2 Å². The number of carbonyl (C=O) groups excluding carboxylic acids is 1. The third-order valence-corrected chi connectivity index (χ3v) is 4.67. The van der Waals surface area contributed by atoms with Crippen LogP contribution in [0.25, 0.3) is 0 Å². The molecule has 0 spiro atoms. The summed E-state index contributed by atoms with van der Waals surface area (Å²) in [6.07, 6.45) is 3.87. The number of piperidine rings is 1. The van der Waals surface area contributed by atoms with Crippen LogP contribution in [0.2, 0.25) is 0 Å². The molecule has 1 aliphatic heterocycles. The average molecular weight is 328 g/mol. The van der Waals surface area contributed by atoms with Gasteiger partial charge in [0.05, 0.1) is 13.3 Å². The number of ether oxygens (including phenoxy) is 1. The highest BCUT2D eigenvalue weighted by Gasteiger charge is 2.25. The molecule has 0 bridgehead atoms. The summed E-state index contributed by atoms with van der Waals surface area (Å²) in [7, 11) is 1.64. The summed E-state index contributed by atoms with van der Waals surface area (Å²) >= 11 is 0. The second-order valence-electron chi connectivity index (χ2n) is 6.22. The number of rotatable bonds is 4. The van der Waals surface area contributed by atoms with E-state index in [4.69, 9.17) is 4.74 Å². The highest BCUT2D eigenvalue weighted by molar-refractivity contribution is 5.74. The monoisotopic (exact) mass is 328 g/mol. The molecule has 24 heavy (non-hydrogen) atoms. The maximum atomic E-state index is 12.4. The first kappa shape index (κ1) is 16.4. The third kappa shape index (κ3) is 3.69. The van der Waals surface area contributed by atoms with Crippen molar-refractivity contribution in [2.24, 2.45) is 0 Å². The van der Waals surface area contributed by atoms with Crippen LogP contribution in [0, 0.1) is 6.92 Å². The predicted octanol–water partition coefficient (Wildman–Crippen LogP) is 2.82. The quantitative estimate of drug-likeness (QED) is 0.906. The van der Waals surface area contributed by atoms with Crippen LogP contribution < -0.4 is 10.1 Å². The fourth-order valence-corrected chi connectivity index (χ4v) is 3.24. The van der Waals surface area contributed by atoms with E-state index in [-0.39, 0.29) is 6.03 Å². The number of likely N-dealkylation sites (tertiary alicyclic amines) is 1. The zero-order valence-electron chi connectivity index (χ0n) is 14.2. The van der Waals surface area contributed by atoms with Gasteiger partial charge in [0, 0.05) is 25.3 Å². The summed E-state index contributed by atoms with van der Waals surface area (Å²) in [4.78, 5) is 14.2. The number of H-pyrrole nitrogens is 1. The minimum absolute atomic E-state index is 0.000172. The van der Waals surface area contributed by atoms with Gasteiger partial charge in [-0.15, -0.1) is 0 Å². The van der Waals surface area contributed by atoms with E-state index in [0.717, 1.165) is 42.9 Å². The number of amides is 2. The molecule has 6 nitrogen and oxygen atoms in total. The van der Waals surface area contributed by atoms with Gasteiger partial charge in [0.25, 0.3) is 0 Å². The molecule has 0 saturated carbocycles. The molecule has 2 heterocycles. The fraction of sp³-hybridized carbons (Fsp3) is 0.444. The normalized spacial score (nSPS) is 15.3. The zero-order valence-corrected chi connectivity index (χ0v) is 14.2. The van der Waals surface area contributed by atoms with Crippen molar-refractivity contribution in [2.75, 3.05) is 20.2 Å². The van der Waals surface area contributed by atoms with Gasteiger partial charge in [0.2, 0.25) is 0 Å². The van der Waals surface area contributed by atoms with Crippen LogP contribution in [0.4, 0.5) is 4.79 Å². The molecule has 1 fully saturated rings. The van der Waals surface area contributed by atoms with Crippen LogP contribution in [-0.2, 0) is 6.54 Å². The molecule has 0 radical (unpaired) electrons. The Labute approximate surface area is 142 Å². The summed E-state index contributed by atoms with van der Waals surface area (Å²) in [6.45, 7) is 4.12. The van der Waals surface area contributed by atoms with Gasteiger partial charge in [-0.25, -0.2) is 4.79 Å². The minimum Gasteiger partial charge on any atom is -0.497 e. The van der Waals surface area contributed by atoms with Crippen LogP contribution >= 0.6 is 0 Å². The van der Waals surface area contributed by atoms with E-state index in [9.17, 15) is 4.79 Å². The minimum atomic E-state index is 0.000172. The van der Waals surface area contributed by atoms with Crippen molar-refractivity contribution in [3.8, 4) is 5.75 Å².